The van der Waals surface area contributed by atoms with Gasteiger partial charge in [-0.05, 0) is 12.5 Å². The van der Waals surface area contributed by atoms with Gasteiger partial charge >= 0.3 is 0 Å². The zero-order valence-electron chi connectivity index (χ0n) is 8.40. The van der Waals surface area contributed by atoms with E-state index in [0.717, 1.165) is 6.07 Å². The molecule has 0 heterocycles. The van der Waals surface area contributed by atoms with Crippen LogP contribution in [0.25, 0.3) is 0 Å². The number of halogens is 2. The first-order valence-corrected chi connectivity index (χ1v) is 5.26. The number of hydrogen-bond acceptors (Lipinski definition) is 3. The van der Waals surface area contributed by atoms with E-state index in [1.807, 2.05) is 0 Å². The van der Waals surface area contributed by atoms with E-state index >= 15 is 0 Å². The highest BCUT2D eigenvalue weighted by atomic mass is 35.5. The molecule has 2 unspecified atom stereocenters. The topological polar surface area (TPSA) is 64.2 Å². The monoisotopic (exact) mass is 243 g/mol. The molecule has 0 aliphatic rings. The Hall–Kier alpha value is -1.15. The Balaban J connectivity index is 3.04. The molecular formula is C11H11ClFNO2. The minimum atomic E-state index is -1.30. The van der Waals surface area contributed by atoms with Gasteiger partial charge in [-0.25, -0.2) is 4.39 Å². The van der Waals surface area contributed by atoms with Gasteiger partial charge in [0.25, 0.3) is 0 Å². The normalized spacial score (nSPS) is 14.2. The van der Waals surface area contributed by atoms with Crippen LogP contribution in [-0.2, 0) is 0 Å². The van der Waals surface area contributed by atoms with E-state index < -0.39 is 18.0 Å². The van der Waals surface area contributed by atoms with Crippen molar-refractivity contribution in [3.8, 4) is 6.07 Å². The van der Waals surface area contributed by atoms with Gasteiger partial charge in [0.15, 0.2) is 0 Å². The van der Waals surface area contributed by atoms with Gasteiger partial charge in [-0.2, -0.15) is 5.26 Å². The standard InChI is InChI=1S/C11H11ClFNO2/c12-5-4-10(15)11(16)7-2-1-3-9(13)8(7)6-14/h1-3,10-11,15-16H,4-5H2. The average molecular weight is 244 g/mol. The molecule has 2 N–H and O–H groups in total. The van der Waals surface area contributed by atoms with Gasteiger partial charge < -0.3 is 10.2 Å². The van der Waals surface area contributed by atoms with Crippen LogP contribution >= 0.6 is 11.6 Å². The largest absolute Gasteiger partial charge is 0.390 e. The summed E-state index contributed by atoms with van der Waals surface area (Å²) < 4.78 is 13.2. The fraction of sp³-hybridized carbons (Fsp3) is 0.364. The first-order valence-electron chi connectivity index (χ1n) is 4.72. The summed E-state index contributed by atoms with van der Waals surface area (Å²) in [5.41, 5.74) is -0.163. The summed E-state index contributed by atoms with van der Waals surface area (Å²) in [5.74, 6) is -0.535. The Labute approximate surface area is 97.7 Å². The van der Waals surface area contributed by atoms with Gasteiger partial charge in [0, 0.05) is 11.4 Å². The molecule has 0 aliphatic heterocycles. The van der Waals surface area contributed by atoms with Gasteiger partial charge in [-0.3, -0.25) is 0 Å². The molecule has 0 aromatic heterocycles. The van der Waals surface area contributed by atoms with Crippen LogP contribution in [0.2, 0.25) is 0 Å². The predicted octanol–water partition coefficient (Wildman–Crippen LogP) is 1.72. The van der Waals surface area contributed by atoms with E-state index in [0.29, 0.717) is 0 Å². The van der Waals surface area contributed by atoms with Crippen molar-refractivity contribution in [1.29, 1.82) is 5.26 Å². The number of benzene rings is 1. The zero-order valence-corrected chi connectivity index (χ0v) is 9.15. The summed E-state index contributed by atoms with van der Waals surface area (Å²) in [4.78, 5) is 0. The Morgan fingerprint density at radius 2 is 2.12 bits per heavy atom. The van der Waals surface area contributed by atoms with E-state index in [2.05, 4.69) is 0 Å². The molecule has 0 fully saturated rings. The summed E-state index contributed by atoms with van der Waals surface area (Å²) >= 11 is 5.42. The highest BCUT2D eigenvalue weighted by molar-refractivity contribution is 6.17. The van der Waals surface area contributed by atoms with Crippen molar-refractivity contribution < 1.29 is 14.6 Å². The molecule has 5 heteroatoms. The third-order valence-corrected chi connectivity index (χ3v) is 2.46. The van der Waals surface area contributed by atoms with Crippen molar-refractivity contribution >= 4 is 11.6 Å². The van der Waals surface area contributed by atoms with Gasteiger partial charge in [0.1, 0.15) is 18.0 Å². The second-order valence-electron chi connectivity index (χ2n) is 3.31. The Morgan fingerprint density at radius 3 is 2.69 bits per heavy atom. The maximum atomic E-state index is 13.2. The van der Waals surface area contributed by atoms with Crippen LogP contribution < -0.4 is 0 Å². The molecule has 0 amide bonds. The lowest BCUT2D eigenvalue weighted by Gasteiger charge is -2.18. The lowest BCUT2D eigenvalue weighted by atomic mass is 9.98. The first kappa shape index (κ1) is 12.9. The van der Waals surface area contributed by atoms with Crippen molar-refractivity contribution in [2.45, 2.75) is 18.6 Å². The van der Waals surface area contributed by atoms with Crippen molar-refractivity contribution in [2.75, 3.05) is 5.88 Å². The third kappa shape index (κ3) is 2.70. The first-order chi connectivity index (χ1) is 7.61. The van der Waals surface area contributed by atoms with Crippen molar-refractivity contribution in [1.82, 2.24) is 0 Å². The van der Waals surface area contributed by atoms with Crippen LogP contribution in [0.3, 0.4) is 0 Å². The Bertz CT molecular complexity index is 405. The molecule has 1 aromatic carbocycles. The van der Waals surface area contributed by atoms with Crippen molar-refractivity contribution in [3.05, 3.63) is 35.1 Å². The lowest BCUT2D eigenvalue weighted by molar-refractivity contribution is 0.0167. The zero-order chi connectivity index (χ0) is 12.1. The summed E-state index contributed by atoms with van der Waals surface area (Å²) in [6.07, 6.45) is -2.24. The Kier molecular flexibility index (Phi) is 4.69. The van der Waals surface area contributed by atoms with Gasteiger partial charge in [0.2, 0.25) is 0 Å². The van der Waals surface area contributed by atoms with Gasteiger partial charge in [0.05, 0.1) is 11.7 Å². The summed E-state index contributed by atoms with van der Waals surface area (Å²) in [6, 6.07) is 5.57. The molecule has 86 valence electrons. The van der Waals surface area contributed by atoms with Gasteiger partial charge in [-0.15, -0.1) is 11.6 Å². The number of nitrogens with zero attached hydrogens (tertiary/aromatic N) is 1. The van der Waals surface area contributed by atoms with Crippen LogP contribution in [0.15, 0.2) is 18.2 Å². The average Bonchev–Trinajstić information content (AvgIpc) is 2.28. The van der Waals surface area contributed by atoms with Crippen LogP contribution in [0, 0.1) is 17.1 Å². The maximum Gasteiger partial charge on any atom is 0.141 e. The molecule has 16 heavy (non-hydrogen) atoms. The second kappa shape index (κ2) is 5.80. The molecule has 3 nitrogen and oxygen atoms in total. The molecule has 1 rings (SSSR count). The summed E-state index contributed by atoms with van der Waals surface area (Å²) in [7, 11) is 0. The second-order valence-corrected chi connectivity index (χ2v) is 3.68. The number of hydrogen-bond donors (Lipinski definition) is 2. The highest BCUT2D eigenvalue weighted by Crippen LogP contribution is 2.24. The minimum absolute atomic E-state index is 0.0834. The van der Waals surface area contributed by atoms with Crippen molar-refractivity contribution in [3.63, 3.8) is 0 Å². The minimum Gasteiger partial charge on any atom is -0.390 e. The number of rotatable bonds is 4. The molecule has 0 spiro atoms. The van der Waals surface area contributed by atoms with E-state index in [-0.39, 0.29) is 23.4 Å². The number of aliphatic hydroxyl groups is 2. The van der Waals surface area contributed by atoms with E-state index in [1.165, 1.54) is 12.1 Å². The smallest absolute Gasteiger partial charge is 0.141 e. The van der Waals surface area contributed by atoms with Crippen molar-refractivity contribution in [2.24, 2.45) is 0 Å². The van der Waals surface area contributed by atoms with Gasteiger partial charge in [-0.1, -0.05) is 12.1 Å². The fourth-order valence-corrected chi connectivity index (χ4v) is 1.61. The molecule has 1 aromatic rings. The summed E-state index contributed by atoms with van der Waals surface area (Å²) in [6.45, 7) is 0. The lowest BCUT2D eigenvalue weighted by Crippen LogP contribution is -2.20. The fourth-order valence-electron chi connectivity index (χ4n) is 1.38. The van der Waals surface area contributed by atoms with Crippen LogP contribution in [-0.4, -0.2) is 22.2 Å². The van der Waals surface area contributed by atoms with Crippen LogP contribution in [0.5, 0.6) is 0 Å². The molecule has 0 radical (unpaired) electrons. The molecule has 0 saturated carbocycles. The van der Waals surface area contributed by atoms with E-state index in [4.69, 9.17) is 16.9 Å². The van der Waals surface area contributed by atoms with E-state index in [1.54, 1.807) is 6.07 Å². The number of nitriles is 1. The SMILES string of the molecule is N#Cc1c(F)cccc1C(O)C(O)CCCl. The molecule has 0 saturated heterocycles. The van der Waals surface area contributed by atoms with Crippen LogP contribution in [0.4, 0.5) is 4.39 Å². The Morgan fingerprint density at radius 1 is 1.44 bits per heavy atom. The molecule has 0 aliphatic carbocycles. The quantitative estimate of drug-likeness (QED) is 0.792. The highest BCUT2D eigenvalue weighted by Gasteiger charge is 2.22. The molecular weight excluding hydrogens is 233 g/mol. The number of alkyl halides is 1. The third-order valence-electron chi connectivity index (χ3n) is 2.25. The summed E-state index contributed by atoms with van der Waals surface area (Å²) in [5, 5.41) is 28.0. The number of aliphatic hydroxyl groups excluding tert-OH is 2. The van der Waals surface area contributed by atoms with Crippen LogP contribution in [0.1, 0.15) is 23.7 Å². The van der Waals surface area contributed by atoms with E-state index in [9.17, 15) is 14.6 Å². The molecule has 0 bridgehead atoms. The predicted molar refractivity (Wildman–Crippen MR) is 57.4 cm³/mol. The maximum absolute atomic E-state index is 13.2. The molecule has 2 atom stereocenters.